The summed E-state index contributed by atoms with van der Waals surface area (Å²) in [4.78, 5) is 0. The molecule has 0 atom stereocenters. The summed E-state index contributed by atoms with van der Waals surface area (Å²) in [6, 6.07) is 13.3. The van der Waals surface area contributed by atoms with Crippen LogP contribution in [-0.4, -0.2) is 0 Å². The Morgan fingerprint density at radius 1 is 0.733 bits per heavy atom. The number of rotatable bonds is 0. The molecule has 2 aliphatic rings. The van der Waals surface area contributed by atoms with Gasteiger partial charge in [-0.2, -0.15) is 0 Å². The molecule has 0 fully saturated rings. The Bertz CT molecular complexity index is 586. The highest BCUT2D eigenvalue weighted by Crippen LogP contribution is 2.45. The van der Waals surface area contributed by atoms with Crippen LogP contribution in [0.25, 0.3) is 21.9 Å². The van der Waals surface area contributed by atoms with Crippen molar-refractivity contribution in [3.8, 4) is 0 Å². The quantitative estimate of drug-likeness (QED) is 0.588. The first-order valence-corrected chi connectivity index (χ1v) is 5.35. The van der Waals surface area contributed by atoms with Gasteiger partial charge >= 0.3 is 0 Å². The van der Waals surface area contributed by atoms with E-state index in [1.807, 2.05) is 0 Å². The third kappa shape index (κ3) is 0.866. The highest BCUT2D eigenvalue weighted by Gasteiger charge is 2.24. The van der Waals surface area contributed by atoms with Crippen LogP contribution in [0.5, 0.6) is 0 Å². The molecule has 2 aliphatic carbocycles. The summed E-state index contributed by atoms with van der Waals surface area (Å²) in [6.07, 6.45) is 5.66. The van der Waals surface area contributed by atoms with Gasteiger partial charge in [0.25, 0.3) is 0 Å². The SMILES string of the molecule is C1=C2CC(=C1)c1cc3ccccc3cc12. The van der Waals surface area contributed by atoms with Crippen LogP contribution in [0.2, 0.25) is 0 Å². The molecule has 15 heavy (non-hydrogen) atoms. The molecule has 0 radical (unpaired) electrons. The highest BCUT2D eigenvalue weighted by atomic mass is 14.3. The van der Waals surface area contributed by atoms with E-state index in [-0.39, 0.29) is 0 Å². The Labute approximate surface area is 88.5 Å². The van der Waals surface area contributed by atoms with Gasteiger partial charge in [0.2, 0.25) is 0 Å². The van der Waals surface area contributed by atoms with Crippen LogP contribution < -0.4 is 0 Å². The van der Waals surface area contributed by atoms with Crippen molar-refractivity contribution in [2.45, 2.75) is 6.42 Å². The maximum absolute atomic E-state index is 2.33. The van der Waals surface area contributed by atoms with Gasteiger partial charge in [-0.25, -0.2) is 0 Å². The molecule has 0 saturated carbocycles. The molecule has 4 rings (SSSR count). The second-order valence-electron chi connectivity index (χ2n) is 4.31. The lowest BCUT2D eigenvalue weighted by molar-refractivity contribution is 1.57. The molecule has 0 aromatic heterocycles. The van der Waals surface area contributed by atoms with Gasteiger partial charge in [0.15, 0.2) is 0 Å². The Balaban J connectivity index is 2.16. The predicted molar refractivity (Wildman–Crippen MR) is 64.5 cm³/mol. The van der Waals surface area contributed by atoms with Gasteiger partial charge in [-0.3, -0.25) is 0 Å². The monoisotopic (exact) mass is 190 g/mol. The zero-order valence-electron chi connectivity index (χ0n) is 8.33. The summed E-state index contributed by atoms with van der Waals surface area (Å²) < 4.78 is 0. The van der Waals surface area contributed by atoms with E-state index in [9.17, 15) is 0 Å². The smallest absolute Gasteiger partial charge is 0.00134 e. The molecule has 2 aromatic carbocycles. The highest BCUT2D eigenvalue weighted by molar-refractivity contribution is 6.02. The summed E-state index contributed by atoms with van der Waals surface area (Å²) in [6.45, 7) is 0. The fourth-order valence-corrected chi connectivity index (χ4v) is 2.67. The van der Waals surface area contributed by atoms with Crippen molar-refractivity contribution in [2.75, 3.05) is 0 Å². The fraction of sp³-hybridized carbons (Fsp3) is 0.0667. The minimum absolute atomic E-state index is 1.14. The maximum atomic E-state index is 2.33. The lowest BCUT2D eigenvalue weighted by atomic mass is 9.98. The maximum Gasteiger partial charge on any atom is -0.00134 e. The number of fused-ring (bicyclic) bond motifs is 6. The third-order valence-corrected chi connectivity index (χ3v) is 3.44. The molecule has 0 spiro atoms. The van der Waals surface area contributed by atoms with Crippen LogP contribution in [0.15, 0.2) is 48.6 Å². The molecule has 70 valence electrons. The standard InChI is InChI=1S/C15H10/c1-2-4-11-9-15-13-6-5-12(7-13)14(15)8-10(11)3-1/h1-6,8-9H,7H2. The summed E-state index contributed by atoms with van der Waals surface area (Å²) in [5, 5.41) is 2.70. The molecule has 0 N–H and O–H groups in total. The van der Waals surface area contributed by atoms with Gasteiger partial charge in [-0.1, -0.05) is 36.4 Å². The first-order chi connectivity index (χ1) is 7.42. The summed E-state index contributed by atoms with van der Waals surface area (Å²) in [7, 11) is 0. The van der Waals surface area contributed by atoms with Crippen LogP contribution in [0.4, 0.5) is 0 Å². The average molecular weight is 190 g/mol. The van der Waals surface area contributed by atoms with Gasteiger partial charge in [-0.05, 0) is 51.6 Å². The first-order valence-electron chi connectivity index (χ1n) is 5.35. The van der Waals surface area contributed by atoms with Crippen molar-refractivity contribution in [1.29, 1.82) is 0 Å². The van der Waals surface area contributed by atoms with Crippen molar-refractivity contribution >= 4 is 21.9 Å². The van der Waals surface area contributed by atoms with Gasteiger partial charge in [-0.15, -0.1) is 0 Å². The molecule has 0 amide bonds. The van der Waals surface area contributed by atoms with E-state index < -0.39 is 0 Å². The van der Waals surface area contributed by atoms with E-state index in [2.05, 4.69) is 48.6 Å². The zero-order valence-corrected chi connectivity index (χ0v) is 8.33. The van der Waals surface area contributed by atoms with Gasteiger partial charge < -0.3 is 0 Å². The normalized spacial score (nSPS) is 16.5. The molecule has 0 nitrogen and oxygen atoms in total. The largest absolute Gasteiger partial charge is 0.0616 e. The van der Waals surface area contributed by atoms with Gasteiger partial charge in [0.1, 0.15) is 0 Å². The molecular formula is C15H10. The molecule has 0 saturated heterocycles. The van der Waals surface area contributed by atoms with Crippen LogP contribution in [0.3, 0.4) is 0 Å². The number of allylic oxidation sites excluding steroid dienone is 4. The van der Waals surface area contributed by atoms with Crippen molar-refractivity contribution in [3.63, 3.8) is 0 Å². The second-order valence-corrected chi connectivity index (χ2v) is 4.31. The average Bonchev–Trinajstić information content (AvgIpc) is 2.87. The number of hydrogen-bond acceptors (Lipinski definition) is 0. The van der Waals surface area contributed by atoms with Crippen LogP contribution in [-0.2, 0) is 0 Å². The molecule has 0 heterocycles. The zero-order chi connectivity index (χ0) is 9.83. The van der Waals surface area contributed by atoms with E-state index in [0.717, 1.165) is 6.42 Å². The number of benzene rings is 2. The molecule has 2 aromatic rings. The minimum atomic E-state index is 1.14. The minimum Gasteiger partial charge on any atom is -0.0616 e. The second kappa shape index (κ2) is 2.40. The molecule has 0 heteroatoms. The van der Waals surface area contributed by atoms with E-state index in [1.54, 1.807) is 0 Å². The van der Waals surface area contributed by atoms with Gasteiger partial charge in [0, 0.05) is 0 Å². The fourth-order valence-electron chi connectivity index (χ4n) is 2.67. The summed E-state index contributed by atoms with van der Waals surface area (Å²) in [5.41, 5.74) is 5.88. The predicted octanol–water partition coefficient (Wildman–Crippen LogP) is 4.02. The molecule has 2 bridgehead atoms. The van der Waals surface area contributed by atoms with Crippen molar-refractivity contribution in [2.24, 2.45) is 0 Å². The van der Waals surface area contributed by atoms with Crippen molar-refractivity contribution < 1.29 is 0 Å². The molecule has 0 unspecified atom stereocenters. The Morgan fingerprint density at radius 2 is 1.27 bits per heavy atom. The Kier molecular flexibility index (Phi) is 1.20. The van der Waals surface area contributed by atoms with E-state index in [4.69, 9.17) is 0 Å². The van der Waals surface area contributed by atoms with Crippen LogP contribution in [0, 0.1) is 0 Å². The van der Waals surface area contributed by atoms with Crippen molar-refractivity contribution in [3.05, 3.63) is 59.7 Å². The van der Waals surface area contributed by atoms with Crippen molar-refractivity contribution in [1.82, 2.24) is 0 Å². The van der Waals surface area contributed by atoms with Gasteiger partial charge in [0.05, 0.1) is 0 Å². The Hall–Kier alpha value is -1.82. The summed E-state index contributed by atoms with van der Waals surface area (Å²) >= 11 is 0. The number of hydrogen-bond donors (Lipinski definition) is 0. The molecular weight excluding hydrogens is 180 g/mol. The van der Waals surface area contributed by atoms with E-state index in [0.29, 0.717) is 0 Å². The molecule has 0 aliphatic heterocycles. The lowest BCUT2D eigenvalue weighted by Crippen LogP contribution is -1.84. The van der Waals surface area contributed by atoms with E-state index in [1.165, 1.54) is 33.0 Å². The third-order valence-electron chi connectivity index (χ3n) is 3.44. The lowest BCUT2D eigenvalue weighted by Gasteiger charge is -2.06. The Morgan fingerprint density at radius 3 is 1.80 bits per heavy atom. The summed E-state index contributed by atoms with van der Waals surface area (Å²) in [5.74, 6) is 0. The first kappa shape index (κ1) is 7.47. The van der Waals surface area contributed by atoms with Crippen LogP contribution in [0.1, 0.15) is 17.5 Å². The van der Waals surface area contributed by atoms with E-state index >= 15 is 0 Å². The topological polar surface area (TPSA) is 0 Å². The van der Waals surface area contributed by atoms with Crippen LogP contribution >= 0.6 is 0 Å².